The molecule has 126 valence electrons. The Hall–Kier alpha value is -3.68. The molecule has 2 heterocycles. The Kier molecular flexibility index (Phi) is 4.42. The summed E-state index contributed by atoms with van der Waals surface area (Å²) in [5.41, 5.74) is 6.02. The number of carbonyl (C=O) groups is 2. The van der Waals surface area contributed by atoms with Gasteiger partial charge in [0.25, 0.3) is 11.8 Å². The van der Waals surface area contributed by atoms with Gasteiger partial charge in [-0.2, -0.15) is 5.10 Å². The lowest BCUT2D eigenvalue weighted by Crippen LogP contribution is -2.41. The lowest BCUT2D eigenvalue weighted by Gasteiger charge is -2.06. The highest BCUT2D eigenvalue weighted by Crippen LogP contribution is 2.17. The van der Waals surface area contributed by atoms with Crippen molar-refractivity contribution in [2.75, 3.05) is 0 Å². The van der Waals surface area contributed by atoms with Crippen LogP contribution in [0.25, 0.3) is 5.69 Å². The van der Waals surface area contributed by atoms with Crippen LogP contribution in [-0.4, -0.2) is 31.7 Å². The lowest BCUT2D eigenvalue weighted by atomic mass is 10.2. The summed E-state index contributed by atoms with van der Waals surface area (Å²) in [6.07, 6.45) is 2.72. The predicted molar refractivity (Wildman–Crippen MR) is 89.1 cm³/mol. The Morgan fingerprint density at radius 3 is 2.44 bits per heavy atom. The number of pyridine rings is 1. The Morgan fingerprint density at radius 1 is 1.04 bits per heavy atom. The van der Waals surface area contributed by atoms with Crippen LogP contribution < -0.4 is 10.9 Å². The van der Waals surface area contributed by atoms with Crippen molar-refractivity contribution in [2.24, 2.45) is 0 Å². The number of aromatic nitrogens is 3. The van der Waals surface area contributed by atoms with Crippen molar-refractivity contribution in [3.63, 3.8) is 0 Å². The van der Waals surface area contributed by atoms with Gasteiger partial charge in [-0.05, 0) is 31.2 Å². The van der Waals surface area contributed by atoms with Gasteiger partial charge in [0.1, 0.15) is 0 Å². The molecule has 0 fully saturated rings. The molecule has 25 heavy (non-hydrogen) atoms. The molecule has 2 aromatic heterocycles. The zero-order chi connectivity index (χ0) is 17.8. The van der Waals surface area contributed by atoms with Crippen LogP contribution in [0.2, 0.25) is 0 Å². The number of hydrazine groups is 1. The molecule has 0 spiro atoms. The summed E-state index contributed by atoms with van der Waals surface area (Å²) in [6.45, 7) is 1.80. The van der Waals surface area contributed by atoms with Crippen molar-refractivity contribution >= 4 is 11.8 Å². The molecule has 0 aliphatic rings. The molecular formula is C17H15N5O3. The molecule has 8 nitrogen and oxygen atoms in total. The number of carbonyl (C=O) groups excluding carboxylic acids is 2. The van der Waals surface area contributed by atoms with Gasteiger partial charge in [-0.15, -0.1) is 0 Å². The molecule has 0 saturated heterocycles. The summed E-state index contributed by atoms with van der Waals surface area (Å²) in [5.74, 6) is -1.56. The number of benzene rings is 1. The van der Waals surface area contributed by atoms with E-state index in [2.05, 4.69) is 20.9 Å². The summed E-state index contributed by atoms with van der Waals surface area (Å²) in [5, 5.41) is 13.9. The first-order chi connectivity index (χ1) is 12.0. The van der Waals surface area contributed by atoms with E-state index in [4.69, 9.17) is 0 Å². The Bertz CT molecular complexity index is 904. The van der Waals surface area contributed by atoms with Crippen LogP contribution in [0.15, 0.2) is 54.9 Å². The van der Waals surface area contributed by atoms with Gasteiger partial charge in [-0.25, -0.2) is 4.68 Å². The van der Waals surface area contributed by atoms with E-state index >= 15 is 0 Å². The predicted octanol–water partition coefficient (Wildman–Crippen LogP) is 1.36. The van der Waals surface area contributed by atoms with Crippen LogP contribution in [-0.2, 0) is 0 Å². The summed E-state index contributed by atoms with van der Waals surface area (Å²) in [7, 11) is 0. The second kappa shape index (κ2) is 6.83. The second-order valence-electron chi connectivity index (χ2n) is 5.24. The molecule has 2 amide bonds. The van der Waals surface area contributed by atoms with Crippen molar-refractivity contribution in [3.05, 3.63) is 71.8 Å². The maximum atomic E-state index is 12.1. The van der Waals surface area contributed by atoms with Gasteiger partial charge in [0.2, 0.25) is 0 Å². The van der Waals surface area contributed by atoms with Gasteiger partial charge in [0.05, 0.1) is 17.4 Å². The first-order valence-corrected chi connectivity index (χ1v) is 7.42. The van der Waals surface area contributed by atoms with E-state index in [-0.39, 0.29) is 11.4 Å². The standard InChI is InChI=1S/C17H15N5O3/c1-11-7-8-12(9-18-11)16(24)19-20-17(25)15-14(23)10-22(21-15)13-5-3-2-4-6-13/h2-10,23H,1H3,(H,19,24)(H,20,25). The molecule has 0 unspecified atom stereocenters. The summed E-state index contributed by atoms with van der Waals surface area (Å²) < 4.78 is 1.37. The molecule has 8 heteroatoms. The van der Waals surface area contributed by atoms with Gasteiger partial charge in [-0.3, -0.25) is 25.4 Å². The minimum Gasteiger partial charge on any atom is -0.504 e. The molecule has 1 aromatic carbocycles. The van der Waals surface area contributed by atoms with E-state index in [1.807, 2.05) is 18.2 Å². The highest BCUT2D eigenvalue weighted by Gasteiger charge is 2.18. The maximum absolute atomic E-state index is 12.1. The first-order valence-electron chi connectivity index (χ1n) is 7.42. The van der Waals surface area contributed by atoms with Gasteiger partial charge in [0, 0.05) is 11.9 Å². The number of nitrogens with one attached hydrogen (secondary N) is 2. The third kappa shape index (κ3) is 3.63. The van der Waals surface area contributed by atoms with E-state index in [9.17, 15) is 14.7 Å². The molecular weight excluding hydrogens is 322 g/mol. The van der Waals surface area contributed by atoms with Crippen molar-refractivity contribution in [1.29, 1.82) is 0 Å². The summed E-state index contributed by atoms with van der Waals surface area (Å²) in [4.78, 5) is 28.1. The quantitative estimate of drug-likeness (QED) is 0.625. The molecule has 0 radical (unpaired) electrons. The molecule has 0 atom stereocenters. The fourth-order valence-corrected chi connectivity index (χ4v) is 2.09. The molecule has 0 saturated carbocycles. The minimum absolute atomic E-state index is 0.203. The third-order valence-corrected chi connectivity index (χ3v) is 3.39. The van der Waals surface area contributed by atoms with Gasteiger partial charge >= 0.3 is 0 Å². The molecule has 0 aliphatic carbocycles. The number of para-hydroxylation sites is 1. The third-order valence-electron chi connectivity index (χ3n) is 3.39. The minimum atomic E-state index is -0.736. The monoisotopic (exact) mass is 337 g/mol. The van der Waals surface area contributed by atoms with E-state index in [1.54, 1.807) is 31.2 Å². The van der Waals surface area contributed by atoms with Crippen LogP contribution >= 0.6 is 0 Å². The van der Waals surface area contributed by atoms with Crippen LogP contribution in [0.5, 0.6) is 5.75 Å². The number of aromatic hydroxyl groups is 1. The Morgan fingerprint density at radius 2 is 1.76 bits per heavy atom. The number of amides is 2. The lowest BCUT2D eigenvalue weighted by molar-refractivity contribution is 0.0842. The summed E-state index contributed by atoms with van der Waals surface area (Å²) >= 11 is 0. The van der Waals surface area contributed by atoms with Crippen LogP contribution in [0.1, 0.15) is 26.5 Å². The fourth-order valence-electron chi connectivity index (χ4n) is 2.09. The van der Waals surface area contributed by atoms with Crippen LogP contribution in [0.3, 0.4) is 0 Å². The number of nitrogens with zero attached hydrogens (tertiary/aromatic N) is 3. The molecule has 0 aliphatic heterocycles. The van der Waals surface area contributed by atoms with E-state index < -0.39 is 11.8 Å². The van der Waals surface area contributed by atoms with Gasteiger partial charge in [0.15, 0.2) is 11.4 Å². The zero-order valence-electron chi connectivity index (χ0n) is 13.3. The van der Waals surface area contributed by atoms with Gasteiger partial charge in [-0.1, -0.05) is 18.2 Å². The van der Waals surface area contributed by atoms with Crippen molar-refractivity contribution < 1.29 is 14.7 Å². The maximum Gasteiger partial charge on any atom is 0.294 e. The Labute approximate surface area is 143 Å². The van der Waals surface area contributed by atoms with E-state index in [1.165, 1.54) is 17.1 Å². The highest BCUT2D eigenvalue weighted by atomic mass is 16.3. The largest absolute Gasteiger partial charge is 0.504 e. The van der Waals surface area contributed by atoms with Crippen LogP contribution in [0.4, 0.5) is 0 Å². The SMILES string of the molecule is Cc1ccc(C(=O)NNC(=O)c2nn(-c3ccccc3)cc2O)cn1. The normalized spacial score (nSPS) is 10.3. The van der Waals surface area contributed by atoms with Crippen molar-refractivity contribution in [3.8, 4) is 11.4 Å². The molecule has 3 N–H and O–H groups in total. The van der Waals surface area contributed by atoms with Crippen molar-refractivity contribution in [1.82, 2.24) is 25.6 Å². The Balaban J connectivity index is 1.68. The van der Waals surface area contributed by atoms with Gasteiger partial charge < -0.3 is 5.11 Å². The molecule has 3 rings (SSSR count). The summed E-state index contributed by atoms with van der Waals surface area (Å²) in [6, 6.07) is 12.3. The molecule has 3 aromatic rings. The number of rotatable bonds is 3. The second-order valence-corrected chi connectivity index (χ2v) is 5.24. The number of hydrogen-bond acceptors (Lipinski definition) is 5. The topological polar surface area (TPSA) is 109 Å². The van der Waals surface area contributed by atoms with E-state index in [0.29, 0.717) is 11.3 Å². The smallest absolute Gasteiger partial charge is 0.294 e. The highest BCUT2D eigenvalue weighted by molar-refractivity contribution is 5.99. The molecule has 0 bridgehead atoms. The number of hydrogen-bond donors (Lipinski definition) is 3. The van der Waals surface area contributed by atoms with Crippen molar-refractivity contribution in [2.45, 2.75) is 6.92 Å². The zero-order valence-corrected chi connectivity index (χ0v) is 13.3. The average molecular weight is 337 g/mol. The average Bonchev–Trinajstić information content (AvgIpc) is 3.02. The van der Waals surface area contributed by atoms with E-state index in [0.717, 1.165) is 5.69 Å². The van der Waals surface area contributed by atoms with Crippen LogP contribution in [0, 0.1) is 6.92 Å². The number of aryl methyl sites for hydroxylation is 1. The fraction of sp³-hybridized carbons (Fsp3) is 0.0588. The first kappa shape index (κ1) is 16.2.